The van der Waals surface area contributed by atoms with Gasteiger partial charge in [-0.1, -0.05) is 13.8 Å². The smallest absolute Gasteiger partial charge is 0.311 e. The molecule has 0 aliphatic rings. The van der Waals surface area contributed by atoms with Crippen LogP contribution in [0.25, 0.3) is 0 Å². The van der Waals surface area contributed by atoms with E-state index >= 15 is 0 Å². The van der Waals surface area contributed by atoms with Crippen LogP contribution in [0.1, 0.15) is 13.8 Å². The first-order valence-electron chi connectivity index (χ1n) is 5.31. The maximum Gasteiger partial charge on any atom is 0.311 e. The third-order valence-electron chi connectivity index (χ3n) is 2.03. The van der Waals surface area contributed by atoms with Crippen LogP contribution in [0.5, 0.6) is 5.75 Å². The van der Waals surface area contributed by atoms with Crippen LogP contribution in [0, 0.1) is 15.9 Å². The van der Waals surface area contributed by atoms with Crippen LogP contribution in [-0.4, -0.2) is 24.1 Å². The summed E-state index contributed by atoms with van der Waals surface area (Å²) in [4.78, 5) is 10.1. The highest BCUT2D eigenvalue weighted by atomic mass is 19.1. The van der Waals surface area contributed by atoms with Crippen molar-refractivity contribution in [1.82, 2.24) is 5.32 Å². The van der Waals surface area contributed by atoms with Gasteiger partial charge >= 0.3 is 5.69 Å². The van der Waals surface area contributed by atoms with Crippen molar-refractivity contribution in [1.29, 1.82) is 0 Å². The second-order valence-corrected chi connectivity index (χ2v) is 3.83. The van der Waals surface area contributed by atoms with E-state index in [0.717, 1.165) is 18.2 Å². The standard InChI is InChI=1S/C11H15FN2O3/c1-8(2)13-5-6-17-11-7-9(12)3-4-10(11)14(15)16/h3-4,7-8,13H,5-6H2,1-2H3. The van der Waals surface area contributed by atoms with Crippen LogP contribution < -0.4 is 10.1 Å². The van der Waals surface area contributed by atoms with E-state index in [0.29, 0.717) is 12.6 Å². The predicted octanol–water partition coefficient (Wildman–Crippen LogP) is 2.11. The summed E-state index contributed by atoms with van der Waals surface area (Å²) < 4.78 is 18.1. The maximum absolute atomic E-state index is 12.9. The van der Waals surface area contributed by atoms with E-state index in [9.17, 15) is 14.5 Å². The summed E-state index contributed by atoms with van der Waals surface area (Å²) in [5.74, 6) is -0.594. The lowest BCUT2D eigenvalue weighted by atomic mass is 10.3. The molecule has 0 bridgehead atoms. The number of hydrogen-bond acceptors (Lipinski definition) is 4. The van der Waals surface area contributed by atoms with E-state index in [-0.39, 0.29) is 18.0 Å². The maximum atomic E-state index is 12.9. The molecule has 1 N–H and O–H groups in total. The van der Waals surface area contributed by atoms with Gasteiger partial charge in [-0.25, -0.2) is 4.39 Å². The Morgan fingerprint density at radius 1 is 1.53 bits per heavy atom. The van der Waals surface area contributed by atoms with Crippen molar-refractivity contribution in [2.75, 3.05) is 13.2 Å². The van der Waals surface area contributed by atoms with Crippen LogP contribution in [0.15, 0.2) is 18.2 Å². The lowest BCUT2D eigenvalue weighted by molar-refractivity contribution is -0.385. The monoisotopic (exact) mass is 242 g/mol. The number of nitrogens with zero attached hydrogens (tertiary/aromatic N) is 1. The van der Waals surface area contributed by atoms with Crippen molar-refractivity contribution in [2.45, 2.75) is 19.9 Å². The molecule has 0 radical (unpaired) electrons. The van der Waals surface area contributed by atoms with Gasteiger partial charge in [-0.2, -0.15) is 0 Å². The number of nitrogens with one attached hydrogen (secondary N) is 1. The van der Waals surface area contributed by atoms with Gasteiger partial charge in [-0.15, -0.1) is 0 Å². The zero-order valence-corrected chi connectivity index (χ0v) is 9.77. The van der Waals surface area contributed by atoms with E-state index in [2.05, 4.69) is 5.32 Å². The highest BCUT2D eigenvalue weighted by Gasteiger charge is 2.15. The lowest BCUT2D eigenvalue weighted by Crippen LogP contribution is -2.27. The van der Waals surface area contributed by atoms with Gasteiger partial charge in [0.25, 0.3) is 0 Å². The van der Waals surface area contributed by atoms with Crippen LogP contribution in [0.4, 0.5) is 10.1 Å². The molecule has 6 heteroatoms. The molecule has 94 valence electrons. The predicted molar refractivity (Wildman–Crippen MR) is 61.7 cm³/mol. The first-order valence-corrected chi connectivity index (χ1v) is 5.31. The minimum Gasteiger partial charge on any atom is -0.485 e. The molecule has 0 aromatic heterocycles. The molecule has 0 fully saturated rings. The molecule has 1 rings (SSSR count). The molecule has 0 saturated heterocycles. The van der Waals surface area contributed by atoms with E-state index < -0.39 is 10.7 Å². The Morgan fingerprint density at radius 2 is 2.24 bits per heavy atom. The van der Waals surface area contributed by atoms with Gasteiger partial charge in [0.1, 0.15) is 12.4 Å². The summed E-state index contributed by atoms with van der Waals surface area (Å²) in [6, 6.07) is 3.46. The average Bonchev–Trinajstić information content (AvgIpc) is 2.23. The van der Waals surface area contributed by atoms with Crippen molar-refractivity contribution < 1.29 is 14.1 Å². The number of benzene rings is 1. The zero-order chi connectivity index (χ0) is 12.8. The number of nitro groups is 1. The summed E-state index contributed by atoms with van der Waals surface area (Å²) in [7, 11) is 0. The zero-order valence-electron chi connectivity index (χ0n) is 9.77. The lowest BCUT2D eigenvalue weighted by Gasteiger charge is -2.09. The Hall–Kier alpha value is -1.69. The van der Waals surface area contributed by atoms with Gasteiger partial charge in [0.2, 0.25) is 0 Å². The Kier molecular flexibility index (Phi) is 4.84. The summed E-state index contributed by atoms with van der Waals surface area (Å²) in [5.41, 5.74) is -0.226. The molecule has 0 saturated carbocycles. The average molecular weight is 242 g/mol. The highest BCUT2D eigenvalue weighted by Crippen LogP contribution is 2.27. The minimum atomic E-state index is -0.593. The molecule has 1 aromatic rings. The number of rotatable bonds is 6. The van der Waals surface area contributed by atoms with Crippen LogP contribution in [-0.2, 0) is 0 Å². The Bertz CT molecular complexity index is 396. The third kappa shape index (κ3) is 4.36. The van der Waals surface area contributed by atoms with Gasteiger partial charge < -0.3 is 10.1 Å². The molecule has 0 aliphatic heterocycles. The molecule has 1 aromatic carbocycles. The molecular weight excluding hydrogens is 227 g/mol. The summed E-state index contributed by atoms with van der Waals surface area (Å²) in [6.07, 6.45) is 0. The molecular formula is C11H15FN2O3. The fraction of sp³-hybridized carbons (Fsp3) is 0.455. The first kappa shape index (κ1) is 13.4. The van der Waals surface area contributed by atoms with Gasteiger partial charge in [0.15, 0.2) is 5.75 Å². The summed E-state index contributed by atoms with van der Waals surface area (Å²) in [6.45, 7) is 4.75. The first-order chi connectivity index (χ1) is 8.00. The molecule has 0 heterocycles. The number of nitro benzene ring substituents is 1. The van der Waals surface area contributed by atoms with E-state index in [4.69, 9.17) is 4.74 Å². The second kappa shape index (κ2) is 6.15. The number of halogens is 1. The van der Waals surface area contributed by atoms with E-state index in [1.807, 2.05) is 13.8 Å². The SMILES string of the molecule is CC(C)NCCOc1cc(F)ccc1[N+](=O)[O-]. The fourth-order valence-electron chi connectivity index (χ4n) is 1.26. The molecule has 17 heavy (non-hydrogen) atoms. The van der Waals surface area contributed by atoms with E-state index in [1.54, 1.807) is 0 Å². The number of ether oxygens (including phenoxy) is 1. The summed E-state index contributed by atoms with van der Waals surface area (Å²) in [5, 5.41) is 13.8. The highest BCUT2D eigenvalue weighted by molar-refractivity contribution is 5.46. The quantitative estimate of drug-likeness (QED) is 0.471. The van der Waals surface area contributed by atoms with Crippen molar-refractivity contribution in [3.05, 3.63) is 34.1 Å². The Balaban J connectivity index is 2.62. The number of hydrogen-bond donors (Lipinski definition) is 1. The van der Waals surface area contributed by atoms with Crippen molar-refractivity contribution >= 4 is 5.69 Å². The summed E-state index contributed by atoms with van der Waals surface area (Å²) >= 11 is 0. The van der Waals surface area contributed by atoms with Crippen molar-refractivity contribution in [3.8, 4) is 5.75 Å². The minimum absolute atomic E-state index is 0.0412. The van der Waals surface area contributed by atoms with Gasteiger partial charge in [-0.3, -0.25) is 10.1 Å². The topological polar surface area (TPSA) is 64.4 Å². The van der Waals surface area contributed by atoms with Crippen LogP contribution in [0.3, 0.4) is 0 Å². The van der Waals surface area contributed by atoms with Crippen molar-refractivity contribution in [3.63, 3.8) is 0 Å². The van der Waals surface area contributed by atoms with Crippen molar-refractivity contribution in [2.24, 2.45) is 0 Å². The molecule has 0 spiro atoms. The van der Waals surface area contributed by atoms with Gasteiger partial charge in [0, 0.05) is 24.7 Å². The fourth-order valence-corrected chi connectivity index (χ4v) is 1.26. The Morgan fingerprint density at radius 3 is 2.82 bits per heavy atom. The normalized spacial score (nSPS) is 10.6. The molecule has 0 aliphatic carbocycles. The molecule has 0 unspecified atom stereocenters. The largest absolute Gasteiger partial charge is 0.485 e. The van der Waals surface area contributed by atoms with Crippen LogP contribution >= 0.6 is 0 Å². The van der Waals surface area contributed by atoms with Gasteiger partial charge in [-0.05, 0) is 6.07 Å². The third-order valence-corrected chi connectivity index (χ3v) is 2.03. The van der Waals surface area contributed by atoms with Gasteiger partial charge in [0.05, 0.1) is 4.92 Å². The second-order valence-electron chi connectivity index (χ2n) is 3.83. The molecule has 0 atom stereocenters. The molecule has 5 nitrogen and oxygen atoms in total. The van der Waals surface area contributed by atoms with E-state index in [1.165, 1.54) is 0 Å². The Labute approximate surface area is 98.7 Å². The van der Waals surface area contributed by atoms with Crippen LogP contribution in [0.2, 0.25) is 0 Å². The molecule has 0 amide bonds.